The van der Waals surface area contributed by atoms with Gasteiger partial charge in [0, 0.05) is 18.9 Å². The topological polar surface area (TPSA) is 123 Å². The molecule has 29 heavy (non-hydrogen) atoms. The standard InChI is InChI=1S/C20H20N4O5/c1-3-29-20(27)15(13-21)12-14-4-6-16(7-5-14)22-19(26)17-8-9-18(25)24(23-17)10-11-28-2/h4-9,12H,3,10-11H2,1-2H3,(H,22,26). The summed E-state index contributed by atoms with van der Waals surface area (Å²) in [6, 6.07) is 10.9. The molecule has 0 aliphatic carbocycles. The zero-order chi connectivity index (χ0) is 21.2. The van der Waals surface area contributed by atoms with Crippen molar-refractivity contribution in [1.82, 2.24) is 9.78 Å². The van der Waals surface area contributed by atoms with Crippen molar-refractivity contribution in [2.24, 2.45) is 0 Å². The van der Waals surface area contributed by atoms with Crippen molar-refractivity contribution in [1.29, 1.82) is 5.26 Å². The molecule has 0 saturated carbocycles. The van der Waals surface area contributed by atoms with Gasteiger partial charge in [-0.25, -0.2) is 9.48 Å². The van der Waals surface area contributed by atoms with Crippen molar-refractivity contribution in [3.8, 4) is 6.07 Å². The van der Waals surface area contributed by atoms with E-state index < -0.39 is 11.9 Å². The number of benzene rings is 1. The van der Waals surface area contributed by atoms with Gasteiger partial charge in [-0.05, 0) is 36.8 Å². The maximum Gasteiger partial charge on any atom is 0.348 e. The number of esters is 1. The van der Waals surface area contributed by atoms with Crippen LogP contribution >= 0.6 is 0 Å². The van der Waals surface area contributed by atoms with Crippen LogP contribution in [0.2, 0.25) is 0 Å². The lowest BCUT2D eigenvalue weighted by molar-refractivity contribution is -0.137. The van der Waals surface area contributed by atoms with Crippen LogP contribution in [-0.2, 0) is 20.8 Å². The van der Waals surface area contributed by atoms with E-state index in [4.69, 9.17) is 14.7 Å². The summed E-state index contributed by atoms with van der Waals surface area (Å²) in [5, 5.41) is 15.8. The number of carbonyl (C=O) groups is 2. The molecule has 0 saturated heterocycles. The minimum Gasteiger partial charge on any atom is -0.462 e. The molecule has 1 heterocycles. The highest BCUT2D eigenvalue weighted by Crippen LogP contribution is 2.14. The van der Waals surface area contributed by atoms with Gasteiger partial charge < -0.3 is 14.8 Å². The summed E-state index contributed by atoms with van der Waals surface area (Å²) in [6.45, 7) is 2.36. The predicted molar refractivity (Wildman–Crippen MR) is 105 cm³/mol. The third-order valence-corrected chi connectivity index (χ3v) is 3.70. The van der Waals surface area contributed by atoms with Crippen LogP contribution in [0.3, 0.4) is 0 Å². The first kappa shape index (κ1) is 21.5. The van der Waals surface area contributed by atoms with E-state index in [1.807, 2.05) is 0 Å². The number of aromatic nitrogens is 2. The molecule has 9 nitrogen and oxygen atoms in total. The van der Waals surface area contributed by atoms with Crippen molar-refractivity contribution >= 4 is 23.6 Å². The number of hydrogen-bond acceptors (Lipinski definition) is 7. The first-order valence-electron chi connectivity index (χ1n) is 8.76. The van der Waals surface area contributed by atoms with Crippen LogP contribution in [0.1, 0.15) is 23.0 Å². The lowest BCUT2D eigenvalue weighted by atomic mass is 10.1. The predicted octanol–water partition coefficient (Wildman–Crippen LogP) is 1.61. The van der Waals surface area contributed by atoms with Crippen LogP contribution in [0, 0.1) is 11.3 Å². The molecule has 1 N–H and O–H groups in total. The van der Waals surface area contributed by atoms with Crippen molar-refractivity contribution in [2.45, 2.75) is 13.5 Å². The average Bonchev–Trinajstić information content (AvgIpc) is 2.72. The first-order chi connectivity index (χ1) is 14.0. The Hall–Kier alpha value is -3.77. The van der Waals surface area contributed by atoms with Gasteiger partial charge in [0.2, 0.25) is 0 Å². The minimum atomic E-state index is -0.693. The monoisotopic (exact) mass is 396 g/mol. The molecule has 1 amide bonds. The van der Waals surface area contributed by atoms with E-state index in [-0.39, 0.29) is 30.0 Å². The molecular weight excluding hydrogens is 376 g/mol. The molecule has 0 unspecified atom stereocenters. The fourth-order valence-electron chi connectivity index (χ4n) is 2.28. The lowest BCUT2D eigenvalue weighted by Crippen LogP contribution is -2.27. The molecule has 1 aromatic carbocycles. The van der Waals surface area contributed by atoms with E-state index in [0.29, 0.717) is 17.9 Å². The second kappa shape index (κ2) is 10.5. The average molecular weight is 396 g/mol. The van der Waals surface area contributed by atoms with Gasteiger partial charge in [0.25, 0.3) is 11.5 Å². The van der Waals surface area contributed by atoms with E-state index in [9.17, 15) is 14.4 Å². The Morgan fingerprint density at radius 2 is 1.97 bits per heavy atom. The van der Waals surface area contributed by atoms with Crippen LogP contribution in [0.15, 0.2) is 46.8 Å². The Labute approximate surface area is 167 Å². The molecule has 0 radical (unpaired) electrons. The summed E-state index contributed by atoms with van der Waals surface area (Å²) in [5.41, 5.74) is 0.714. The van der Waals surface area contributed by atoms with Gasteiger partial charge in [-0.15, -0.1) is 0 Å². The Bertz CT molecular complexity index is 1000. The third-order valence-electron chi connectivity index (χ3n) is 3.70. The molecule has 9 heteroatoms. The highest BCUT2D eigenvalue weighted by atomic mass is 16.5. The highest BCUT2D eigenvalue weighted by molar-refractivity contribution is 6.02. The van der Waals surface area contributed by atoms with Crippen molar-refractivity contribution < 1.29 is 19.1 Å². The number of nitrogens with one attached hydrogen (secondary N) is 1. The maximum absolute atomic E-state index is 12.4. The number of amides is 1. The molecular formula is C20H20N4O5. The smallest absolute Gasteiger partial charge is 0.348 e. The number of nitriles is 1. The van der Waals surface area contributed by atoms with E-state index in [0.717, 1.165) is 4.68 Å². The summed E-state index contributed by atoms with van der Waals surface area (Å²) in [5.74, 6) is -1.18. The normalized spacial score (nSPS) is 10.9. The Morgan fingerprint density at radius 1 is 1.24 bits per heavy atom. The summed E-state index contributed by atoms with van der Waals surface area (Å²) < 4.78 is 10.9. The van der Waals surface area contributed by atoms with Crippen molar-refractivity contribution in [3.05, 3.63) is 63.6 Å². The van der Waals surface area contributed by atoms with E-state index in [2.05, 4.69) is 10.4 Å². The molecule has 0 atom stereocenters. The van der Waals surface area contributed by atoms with Crippen molar-refractivity contribution in [3.63, 3.8) is 0 Å². The molecule has 0 bridgehead atoms. The number of rotatable bonds is 8. The second-order valence-corrected chi connectivity index (χ2v) is 5.74. The van der Waals surface area contributed by atoms with Gasteiger partial charge in [-0.3, -0.25) is 9.59 Å². The van der Waals surface area contributed by atoms with Gasteiger partial charge in [-0.2, -0.15) is 10.4 Å². The summed E-state index contributed by atoms with van der Waals surface area (Å²) in [6.07, 6.45) is 1.40. The summed E-state index contributed by atoms with van der Waals surface area (Å²) in [4.78, 5) is 35.8. The summed E-state index contributed by atoms with van der Waals surface area (Å²) >= 11 is 0. The number of ether oxygens (including phenoxy) is 2. The lowest BCUT2D eigenvalue weighted by Gasteiger charge is -2.08. The van der Waals surface area contributed by atoms with Crippen LogP contribution < -0.4 is 10.9 Å². The van der Waals surface area contributed by atoms with Gasteiger partial charge in [0.15, 0.2) is 0 Å². The summed E-state index contributed by atoms with van der Waals surface area (Å²) in [7, 11) is 1.51. The Kier molecular flexibility index (Phi) is 7.82. The number of carbonyl (C=O) groups excluding carboxylic acids is 2. The minimum absolute atomic E-state index is 0.0822. The van der Waals surface area contributed by atoms with Gasteiger partial charge >= 0.3 is 5.97 Å². The molecule has 0 aliphatic heterocycles. The van der Waals surface area contributed by atoms with Gasteiger partial charge in [0.1, 0.15) is 17.3 Å². The quantitative estimate of drug-likeness (QED) is 0.408. The molecule has 0 fully saturated rings. The highest BCUT2D eigenvalue weighted by Gasteiger charge is 2.11. The largest absolute Gasteiger partial charge is 0.462 e. The maximum atomic E-state index is 12.4. The van der Waals surface area contributed by atoms with E-state index in [1.54, 1.807) is 37.3 Å². The van der Waals surface area contributed by atoms with Gasteiger partial charge in [0.05, 0.1) is 19.8 Å². The first-order valence-corrected chi connectivity index (χ1v) is 8.76. The molecule has 0 aliphatic rings. The van der Waals surface area contributed by atoms with Crippen molar-refractivity contribution in [2.75, 3.05) is 25.6 Å². The third kappa shape index (κ3) is 6.12. The van der Waals surface area contributed by atoms with Crippen LogP contribution in [-0.4, -0.2) is 42.0 Å². The van der Waals surface area contributed by atoms with Crippen LogP contribution in [0.4, 0.5) is 5.69 Å². The molecule has 150 valence electrons. The van der Waals surface area contributed by atoms with Gasteiger partial charge in [-0.1, -0.05) is 12.1 Å². The SMILES string of the molecule is CCOC(=O)C(C#N)=Cc1ccc(NC(=O)c2ccc(=O)n(CCOC)n2)cc1. The molecule has 1 aromatic heterocycles. The Balaban J connectivity index is 2.11. The number of hydrogen-bond donors (Lipinski definition) is 1. The van der Waals surface area contributed by atoms with E-state index in [1.165, 1.54) is 25.3 Å². The number of anilines is 1. The Morgan fingerprint density at radius 3 is 2.59 bits per heavy atom. The van der Waals surface area contributed by atoms with Crippen LogP contribution in [0.5, 0.6) is 0 Å². The molecule has 2 rings (SSSR count). The second-order valence-electron chi connectivity index (χ2n) is 5.74. The zero-order valence-electron chi connectivity index (χ0n) is 16.0. The number of nitrogens with zero attached hydrogens (tertiary/aromatic N) is 3. The zero-order valence-corrected chi connectivity index (χ0v) is 16.0. The molecule has 2 aromatic rings. The molecule has 0 spiro atoms. The van der Waals surface area contributed by atoms with E-state index >= 15 is 0 Å². The fraction of sp³-hybridized carbons (Fsp3) is 0.250. The number of methoxy groups -OCH3 is 1. The van der Waals surface area contributed by atoms with Crippen LogP contribution in [0.25, 0.3) is 6.08 Å². The fourth-order valence-corrected chi connectivity index (χ4v) is 2.28.